The number of carbonyl (C=O) groups excluding carboxylic acids is 1. The number of amides is 2. The normalized spacial score (nSPS) is 28.1. The molecular weight excluding hydrogens is 414 g/mol. The van der Waals surface area contributed by atoms with E-state index < -0.39 is 0 Å². The number of rotatable bonds is 10. The van der Waals surface area contributed by atoms with Crippen molar-refractivity contribution in [3.63, 3.8) is 0 Å². The first kappa shape index (κ1) is 24.3. The highest BCUT2D eigenvalue weighted by atomic mass is 16.5. The number of methoxy groups -OCH3 is 2. The quantitative estimate of drug-likeness (QED) is 0.475. The van der Waals surface area contributed by atoms with Gasteiger partial charge in [-0.15, -0.1) is 0 Å². The molecule has 0 atom stereocenters. The molecule has 0 N–H and O–H groups in total. The molecule has 2 amide bonds. The Morgan fingerprint density at radius 2 is 1.76 bits per heavy atom. The molecule has 1 aliphatic heterocycles. The fourth-order valence-corrected chi connectivity index (χ4v) is 6.24. The van der Waals surface area contributed by atoms with Crippen molar-refractivity contribution in [3.05, 3.63) is 29.8 Å². The molecule has 1 aromatic carbocycles. The lowest BCUT2D eigenvalue weighted by molar-refractivity contribution is 0.00943. The summed E-state index contributed by atoms with van der Waals surface area (Å²) in [4.78, 5) is 20.5. The number of urea groups is 1. The fourth-order valence-electron chi connectivity index (χ4n) is 6.24. The van der Waals surface area contributed by atoms with Gasteiger partial charge in [-0.05, 0) is 89.1 Å². The van der Waals surface area contributed by atoms with Gasteiger partial charge in [0.1, 0.15) is 5.75 Å². The van der Waals surface area contributed by atoms with Crippen LogP contribution in [-0.2, 0) is 11.3 Å². The van der Waals surface area contributed by atoms with Gasteiger partial charge in [0.05, 0.1) is 12.6 Å². The summed E-state index contributed by atoms with van der Waals surface area (Å²) >= 11 is 0. The van der Waals surface area contributed by atoms with Crippen LogP contribution in [0, 0.1) is 5.92 Å². The van der Waals surface area contributed by atoms with Crippen LogP contribution in [0.2, 0.25) is 0 Å². The molecule has 1 saturated heterocycles. The number of hydrogen-bond acceptors (Lipinski definition) is 4. The molecule has 33 heavy (non-hydrogen) atoms. The summed E-state index contributed by atoms with van der Waals surface area (Å²) in [7, 11) is 7.94. The van der Waals surface area contributed by atoms with Crippen molar-refractivity contribution < 1.29 is 14.3 Å². The summed E-state index contributed by atoms with van der Waals surface area (Å²) in [5.74, 6) is 1.55. The van der Waals surface area contributed by atoms with Crippen LogP contribution in [0.1, 0.15) is 63.4 Å². The molecule has 0 aromatic heterocycles. The third kappa shape index (κ3) is 5.02. The molecule has 1 spiro atoms. The minimum absolute atomic E-state index is 0.0140. The zero-order chi connectivity index (χ0) is 23.5. The van der Waals surface area contributed by atoms with E-state index >= 15 is 0 Å². The van der Waals surface area contributed by atoms with Crippen molar-refractivity contribution in [2.45, 2.75) is 75.4 Å². The van der Waals surface area contributed by atoms with Crippen LogP contribution in [0.15, 0.2) is 24.3 Å². The Bertz CT molecular complexity index is 782. The molecule has 184 valence electrons. The molecule has 6 heteroatoms. The summed E-state index contributed by atoms with van der Waals surface area (Å²) in [5, 5.41) is 0. The molecule has 2 aliphatic carbocycles. The van der Waals surface area contributed by atoms with Crippen LogP contribution in [0.25, 0.3) is 0 Å². The van der Waals surface area contributed by atoms with Crippen molar-refractivity contribution in [1.82, 2.24) is 14.7 Å². The van der Waals surface area contributed by atoms with Crippen LogP contribution < -0.4 is 4.74 Å². The van der Waals surface area contributed by atoms with E-state index in [2.05, 4.69) is 40.9 Å². The lowest BCUT2D eigenvalue weighted by atomic mass is 9.69. The monoisotopic (exact) mass is 457 g/mol. The summed E-state index contributed by atoms with van der Waals surface area (Å²) < 4.78 is 10.6. The van der Waals surface area contributed by atoms with Crippen LogP contribution in [0.4, 0.5) is 4.79 Å². The Balaban J connectivity index is 1.50. The second-order valence-electron chi connectivity index (χ2n) is 10.8. The highest BCUT2D eigenvalue weighted by Crippen LogP contribution is 2.47. The molecule has 0 unspecified atom stereocenters. The molecule has 3 aliphatic rings. The van der Waals surface area contributed by atoms with Crippen LogP contribution in [0.3, 0.4) is 0 Å². The smallest absolute Gasteiger partial charge is 0.320 e. The van der Waals surface area contributed by atoms with Crippen molar-refractivity contribution in [3.8, 4) is 5.75 Å². The second-order valence-corrected chi connectivity index (χ2v) is 10.8. The maximum Gasteiger partial charge on any atom is 0.320 e. The second kappa shape index (κ2) is 10.2. The Kier molecular flexibility index (Phi) is 7.54. The largest absolute Gasteiger partial charge is 0.497 e. The van der Waals surface area contributed by atoms with E-state index in [-0.39, 0.29) is 17.1 Å². The molecule has 3 fully saturated rings. The topological polar surface area (TPSA) is 45.3 Å². The number of carbonyl (C=O) groups is 1. The van der Waals surface area contributed by atoms with Crippen LogP contribution in [0.5, 0.6) is 5.75 Å². The minimum atomic E-state index is -0.0140. The van der Waals surface area contributed by atoms with Crippen molar-refractivity contribution >= 4 is 6.03 Å². The molecule has 1 heterocycles. The third-order valence-corrected chi connectivity index (χ3v) is 8.81. The molecule has 4 rings (SSSR count). The van der Waals surface area contributed by atoms with Gasteiger partial charge in [0.25, 0.3) is 0 Å². The van der Waals surface area contributed by atoms with Crippen LogP contribution in [-0.4, -0.2) is 79.8 Å². The fraction of sp³-hybridized carbons (Fsp3) is 0.741. The Labute approximate surface area is 200 Å². The first-order valence-electron chi connectivity index (χ1n) is 12.8. The van der Waals surface area contributed by atoms with E-state index in [4.69, 9.17) is 9.47 Å². The van der Waals surface area contributed by atoms with E-state index in [0.717, 1.165) is 64.0 Å². The Morgan fingerprint density at radius 1 is 1.06 bits per heavy atom. The number of nitrogens with zero attached hydrogens (tertiary/aromatic N) is 3. The summed E-state index contributed by atoms with van der Waals surface area (Å²) in [6, 6.07) is 8.39. The van der Waals surface area contributed by atoms with Gasteiger partial charge in [0.2, 0.25) is 0 Å². The van der Waals surface area contributed by atoms with E-state index in [1.165, 1.54) is 24.8 Å². The standard InChI is InChI=1S/C27H43N3O3/c1-28(2)26(13-6-18-32-3)14-16-27(17-15-26)21-29(19-23-9-11-24(33-4)12-10-23)25(31)30(27)20-22-7-5-8-22/h9-12,22H,5-8,13-21H2,1-4H3/t26-,27+. The van der Waals surface area contributed by atoms with E-state index in [0.29, 0.717) is 12.5 Å². The van der Waals surface area contributed by atoms with Crippen LogP contribution >= 0.6 is 0 Å². The van der Waals surface area contributed by atoms with E-state index in [9.17, 15) is 4.79 Å². The molecule has 2 saturated carbocycles. The van der Waals surface area contributed by atoms with Gasteiger partial charge in [-0.25, -0.2) is 4.79 Å². The molecule has 6 nitrogen and oxygen atoms in total. The first-order valence-corrected chi connectivity index (χ1v) is 12.8. The number of hydrogen-bond donors (Lipinski definition) is 0. The Morgan fingerprint density at radius 3 is 2.30 bits per heavy atom. The highest BCUT2D eigenvalue weighted by Gasteiger charge is 2.54. The zero-order valence-corrected chi connectivity index (χ0v) is 21.1. The third-order valence-electron chi connectivity index (χ3n) is 8.81. The lowest BCUT2D eigenvalue weighted by Gasteiger charge is -2.51. The van der Waals surface area contributed by atoms with Gasteiger partial charge in [0, 0.05) is 38.9 Å². The Hall–Kier alpha value is -1.79. The molecule has 1 aromatic rings. The van der Waals surface area contributed by atoms with Gasteiger partial charge < -0.3 is 24.2 Å². The lowest BCUT2D eigenvalue weighted by Crippen LogP contribution is -2.57. The maximum absolute atomic E-state index is 13.7. The molecule has 0 radical (unpaired) electrons. The van der Waals surface area contributed by atoms with Crippen molar-refractivity contribution in [2.75, 3.05) is 48.0 Å². The molecule has 0 bridgehead atoms. The van der Waals surface area contributed by atoms with Gasteiger partial charge in [-0.2, -0.15) is 0 Å². The predicted molar refractivity (Wildman–Crippen MR) is 132 cm³/mol. The first-order chi connectivity index (χ1) is 15.9. The van der Waals surface area contributed by atoms with Gasteiger partial charge in [-0.1, -0.05) is 18.6 Å². The van der Waals surface area contributed by atoms with Gasteiger partial charge in [-0.3, -0.25) is 0 Å². The predicted octanol–water partition coefficient (Wildman–Crippen LogP) is 4.77. The summed E-state index contributed by atoms with van der Waals surface area (Å²) in [6.45, 7) is 3.30. The minimum Gasteiger partial charge on any atom is -0.497 e. The van der Waals surface area contributed by atoms with E-state index in [1.807, 2.05) is 12.1 Å². The zero-order valence-electron chi connectivity index (χ0n) is 21.1. The van der Waals surface area contributed by atoms with Gasteiger partial charge >= 0.3 is 6.03 Å². The average Bonchev–Trinajstić information content (AvgIpc) is 3.03. The maximum atomic E-state index is 13.7. The average molecular weight is 458 g/mol. The van der Waals surface area contributed by atoms with Crippen molar-refractivity contribution in [1.29, 1.82) is 0 Å². The highest BCUT2D eigenvalue weighted by molar-refractivity contribution is 5.78. The summed E-state index contributed by atoms with van der Waals surface area (Å²) in [6.07, 6.45) is 10.6. The SMILES string of the molecule is COCCC[C@]1(N(C)C)CC[C@@]2(CC1)CN(Cc1ccc(OC)cc1)C(=O)N2CC1CCC1. The number of benzene rings is 1. The molecular formula is C27H43N3O3. The van der Waals surface area contributed by atoms with Crippen molar-refractivity contribution in [2.24, 2.45) is 5.92 Å². The number of ether oxygens (including phenoxy) is 2. The van der Waals surface area contributed by atoms with E-state index in [1.54, 1.807) is 14.2 Å². The van der Waals surface area contributed by atoms with Gasteiger partial charge in [0.15, 0.2) is 0 Å². The summed E-state index contributed by atoms with van der Waals surface area (Å²) in [5.41, 5.74) is 1.38.